The molecule has 0 fully saturated rings. The molecule has 11 heteroatoms. The molecule has 0 amide bonds. The van der Waals surface area contributed by atoms with Crippen LogP contribution in [-0.2, 0) is 0 Å². The molecule has 0 spiro atoms. The fourth-order valence-electron chi connectivity index (χ4n) is 1.64. The molecule has 0 saturated carbocycles. The highest BCUT2D eigenvalue weighted by molar-refractivity contribution is 5.83. The van der Waals surface area contributed by atoms with Crippen molar-refractivity contribution in [2.45, 2.75) is 6.92 Å². The van der Waals surface area contributed by atoms with Gasteiger partial charge in [0, 0.05) is 17.4 Å². The number of benzene rings is 1. The minimum absolute atomic E-state index is 0.131. The standard InChI is InChI=1S/C12H12N6O5/c1-6-11(14-12(20)17-15-6)16-13-5-7-3-8(18(21)22)10(19)9(4-7)23-2/h3-5,19H,1-2H3,(H2,14,16,17,20)/p-1/b13-5+. The van der Waals surface area contributed by atoms with E-state index in [1.165, 1.54) is 19.4 Å². The molecule has 2 aromatic rings. The van der Waals surface area contributed by atoms with E-state index in [9.17, 15) is 20.0 Å². The third-order valence-corrected chi connectivity index (χ3v) is 2.73. The summed E-state index contributed by atoms with van der Waals surface area (Å²) in [5.41, 5.74) is 1.87. The highest BCUT2D eigenvalue weighted by atomic mass is 16.6. The molecule has 11 nitrogen and oxygen atoms in total. The number of hydrogen-bond donors (Lipinski definition) is 2. The molecule has 120 valence electrons. The summed E-state index contributed by atoms with van der Waals surface area (Å²) in [6.45, 7) is 1.60. The molecule has 2 rings (SSSR count). The molecule has 0 radical (unpaired) electrons. The molecule has 0 bridgehead atoms. The fourth-order valence-corrected chi connectivity index (χ4v) is 1.64. The number of methoxy groups -OCH3 is 1. The molecule has 23 heavy (non-hydrogen) atoms. The van der Waals surface area contributed by atoms with Crippen LogP contribution in [0.1, 0.15) is 11.3 Å². The first kappa shape index (κ1) is 15.9. The van der Waals surface area contributed by atoms with E-state index < -0.39 is 22.0 Å². The van der Waals surface area contributed by atoms with Crippen molar-refractivity contribution in [2.24, 2.45) is 5.10 Å². The van der Waals surface area contributed by atoms with Crippen molar-refractivity contribution in [1.29, 1.82) is 0 Å². The average molecular weight is 319 g/mol. The van der Waals surface area contributed by atoms with Gasteiger partial charge in [-0.2, -0.15) is 15.2 Å². The Morgan fingerprint density at radius 1 is 1.48 bits per heavy atom. The smallest absolute Gasteiger partial charge is 0.363 e. The van der Waals surface area contributed by atoms with Crippen LogP contribution in [0.15, 0.2) is 22.0 Å². The van der Waals surface area contributed by atoms with Crippen molar-refractivity contribution in [3.8, 4) is 11.5 Å². The van der Waals surface area contributed by atoms with Gasteiger partial charge in [0.15, 0.2) is 5.82 Å². The Morgan fingerprint density at radius 2 is 2.22 bits per heavy atom. The molecule has 0 saturated heterocycles. The number of hydrazone groups is 1. The average Bonchev–Trinajstić information content (AvgIpc) is 2.51. The Kier molecular flexibility index (Phi) is 4.50. The number of aromatic nitrogens is 3. The zero-order chi connectivity index (χ0) is 17.0. The van der Waals surface area contributed by atoms with Gasteiger partial charge in [-0.05, 0) is 13.0 Å². The number of aryl methyl sites for hydroxylation is 1. The van der Waals surface area contributed by atoms with Crippen LogP contribution < -0.4 is 21.0 Å². The van der Waals surface area contributed by atoms with Gasteiger partial charge >= 0.3 is 5.69 Å². The van der Waals surface area contributed by atoms with Crippen LogP contribution in [0.3, 0.4) is 0 Å². The van der Waals surface area contributed by atoms with E-state index >= 15 is 0 Å². The predicted octanol–water partition coefficient (Wildman–Crippen LogP) is -0.0903. The molecule has 1 aromatic heterocycles. The van der Waals surface area contributed by atoms with Crippen LogP contribution in [0, 0.1) is 17.0 Å². The number of nitro benzene ring substituents is 1. The van der Waals surface area contributed by atoms with Gasteiger partial charge in [-0.1, -0.05) is 0 Å². The van der Waals surface area contributed by atoms with Crippen LogP contribution in [0.2, 0.25) is 0 Å². The highest BCUT2D eigenvalue weighted by Crippen LogP contribution is 2.33. The molecule has 0 aliphatic heterocycles. The van der Waals surface area contributed by atoms with Gasteiger partial charge < -0.3 is 9.84 Å². The first-order valence-electron chi connectivity index (χ1n) is 6.18. The molecule has 1 aromatic carbocycles. The van der Waals surface area contributed by atoms with E-state index in [4.69, 9.17) is 4.74 Å². The third-order valence-electron chi connectivity index (χ3n) is 2.73. The fraction of sp³-hybridized carbons (Fsp3) is 0.167. The van der Waals surface area contributed by atoms with E-state index in [1.807, 2.05) is 0 Å². The topological polar surface area (TPSA) is 158 Å². The summed E-state index contributed by atoms with van der Waals surface area (Å²) < 4.78 is 4.81. The summed E-state index contributed by atoms with van der Waals surface area (Å²) in [5, 5.41) is 32.2. The maximum atomic E-state index is 11.7. The van der Waals surface area contributed by atoms with Gasteiger partial charge in [0.1, 0.15) is 11.4 Å². The largest absolute Gasteiger partial charge is 0.865 e. The Hall–Kier alpha value is -3.50. The van der Waals surface area contributed by atoms with Crippen LogP contribution in [0.25, 0.3) is 0 Å². The summed E-state index contributed by atoms with van der Waals surface area (Å²) >= 11 is 0. The van der Waals surface area contributed by atoms with Crippen LogP contribution in [0.5, 0.6) is 11.5 Å². The number of aromatic amines is 1. The number of ether oxygens (including phenoxy) is 1. The number of nitrogens with one attached hydrogen (secondary N) is 2. The van der Waals surface area contributed by atoms with E-state index in [1.54, 1.807) is 6.92 Å². The monoisotopic (exact) mass is 319 g/mol. The van der Waals surface area contributed by atoms with Crippen molar-refractivity contribution in [2.75, 3.05) is 12.5 Å². The molecular weight excluding hydrogens is 308 g/mol. The molecule has 1 heterocycles. The van der Waals surface area contributed by atoms with Gasteiger partial charge in [-0.25, -0.2) is 9.89 Å². The Balaban J connectivity index is 2.29. The molecule has 0 aliphatic carbocycles. The molecule has 0 atom stereocenters. The van der Waals surface area contributed by atoms with Crippen molar-refractivity contribution in [1.82, 2.24) is 15.2 Å². The quantitative estimate of drug-likeness (QED) is 0.439. The van der Waals surface area contributed by atoms with Crippen LogP contribution in [0.4, 0.5) is 11.5 Å². The predicted molar refractivity (Wildman–Crippen MR) is 77.7 cm³/mol. The normalized spacial score (nSPS) is 10.7. The van der Waals surface area contributed by atoms with Crippen molar-refractivity contribution in [3.63, 3.8) is 0 Å². The second kappa shape index (κ2) is 6.51. The molecular formula is C12H11N6O5-. The number of anilines is 1. The minimum atomic E-state index is -0.820. The lowest BCUT2D eigenvalue weighted by Crippen LogP contribution is -2.15. The highest BCUT2D eigenvalue weighted by Gasteiger charge is 2.12. The van der Waals surface area contributed by atoms with Gasteiger partial charge in [0.2, 0.25) is 0 Å². The number of nitro groups is 1. The Labute approximate surface area is 128 Å². The summed E-state index contributed by atoms with van der Waals surface area (Å²) in [6, 6.07) is 2.36. The lowest BCUT2D eigenvalue weighted by Gasteiger charge is -2.12. The zero-order valence-electron chi connectivity index (χ0n) is 12.1. The number of rotatable bonds is 5. The van der Waals surface area contributed by atoms with E-state index in [2.05, 4.69) is 25.7 Å². The molecule has 2 N–H and O–H groups in total. The van der Waals surface area contributed by atoms with Crippen molar-refractivity contribution < 1.29 is 14.8 Å². The zero-order valence-corrected chi connectivity index (χ0v) is 12.1. The second-order valence-electron chi connectivity index (χ2n) is 4.27. The van der Waals surface area contributed by atoms with Gasteiger partial charge in [-0.15, -0.1) is 0 Å². The van der Waals surface area contributed by atoms with Crippen molar-refractivity contribution in [3.05, 3.63) is 44.0 Å². The lowest BCUT2D eigenvalue weighted by atomic mass is 10.2. The molecule has 0 aliphatic rings. The second-order valence-corrected chi connectivity index (χ2v) is 4.27. The van der Waals surface area contributed by atoms with Gasteiger partial charge in [0.05, 0.1) is 18.2 Å². The first-order chi connectivity index (χ1) is 10.9. The first-order valence-corrected chi connectivity index (χ1v) is 6.18. The van der Waals surface area contributed by atoms with Crippen LogP contribution in [-0.4, -0.2) is 33.4 Å². The maximum Gasteiger partial charge on any atom is 0.363 e. The summed E-state index contributed by atoms with van der Waals surface area (Å²) in [6.07, 6.45) is 1.22. The number of H-pyrrole nitrogens is 1. The Morgan fingerprint density at radius 3 is 2.87 bits per heavy atom. The summed E-state index contributed by atoms with van der Waals surface area (Å²) in [5.74, 6) is -0.862. The SMILES string of the molecule is COc1cc(/C=N/Nc2nc(=O)[nH]nc2C)cc([N+](=O)[O-])c1[O-]. The number of hydrogen-bond acceptors (Lipinski definition) is 9. The van der Waals surface area contributed by atoms with Crippen LogP contribution >= 0.6 is 0 Å². The van der Waals surface area contributed by atoms with Crippen molar-refractivity contribution >= 4 is 17.7 Å². The Bertz CT molecular complexity index is 831. The summed E-state index contributed by atoms with van der Waals surface area (Å²) in [4.78, 5) is 24.7. The van der Waals surface area contributed by atoms with E-state index in [-0.39, 0.29) is 17.1 Å². The third kappa shape index (κ3) is 3.58. The van der Waals surface area contributed by atoms with Gasteiger partial charge in [0.25, 0.3) is 5.69 Å². The van der Waals surface area contributed by atoms with E-state index in [0.717, 1.165) is 6.07 Å². The minimum Gasteiger partial charge on any atom is -0.865 e. The lowest BCUT2D eigenvalue weighted by molar-refractivity contribution is -0.398. The number of nitrogens with zero attached hydrogens (tertiary/aromatic N) is 4. The maximum absolute atomic E-state index is 11.7. The van der Waals surface area contributed by atoms with Gasteiger partial charge in [-0.3, -0.25) is 15.5 Å². The molecule has 0 unspecified atom stereocenters. The van der Waals surface area contributed by atoms with E-state index in [0.29, 0.717) is 5.69 Å². The summed E-state index contributed by atoms with van der Waals surface area (Å²) in [7, 11) is 1.23.